The van der Waals surface area contributed by atoms with Gasteiger partial charge in [0.15, 0.2) is 0 Å². The van der Waals surface area contributed by atoms with Crippen molar-refractivity contribution in [3.8, 4) is 11.5 Å². The third kappa shape index (κ3) is 15.2. The van der Waals surface area contributed by atoms with Crippen molar-refractivity contribution in [3.05, 3.63) is 47.5 Å². The van der Waals surface area contributed by atoms with Crippen molar-refractivity contribution in [1.82, 2.24) is 0 Å². The van der Waals surface area contributed by atoms with Crippen molar-refractivity contribution >= 4 is 11.8 Å². The summed E-state index contributed by atoms with van der Waals surface area (Å²) >= 11 is 1.31. The summed E-state index contributed by atoms with van der Waals surface area (Å²) < 4.78 is 0. The van der Waals surface area contributed by atoms with Gasteiger partial charge in [0.25, 0.3) is 0 Å². The third-order valence-electron chi connectivity index (χ3n) is 6.60. The van der Waals surface area contributed by atoms with E-state index in [2.05, 4.69) is 104 Å². The van der Waals surface area contributed by atoms with E-state index in [-0.39, 0.29) is 55.2 Å². The zero-order valence-electron chi connectivity index (χ0n) is 28.7. The van der Waals surface area contributed by atoms with Gasteiger partial charge in [0, 0.05) is 15.3 Å². The van der Waals surface area contributed by atoms with Gasteiger partial charge < -0.3 is 15.9 Å². The van der Waals surface area contributed by atoms with Crippen LogP contribution < -0.4 is 15.9 Å². The first-order valence-electron chi connectivity index (χ1n) is 14.7. The fourth-order valence-corrected chi connectivity index (χ4v) is 7.30. The number of rotatable bonds is 7. The molecular weight excluding hydrogens is 569 g/mol. The monoisotopic (exact) mass is 627 g/mol. The largest absolute Gasteiger partial charge is 2.00 e. The summed E-state index contributed by atoms with van der Waals surface area (Å²) in [6.45, 7) is 33.1. The summed E-state index contributed by atoms with van der Waals surface area (Å²) in [6, 6.07) is 11.2. The van der Waals surface area contributed by atoms with Gasteiger partial charge in [-0.2, -0.15) is 0 Å². The van der Waals surface area contributed by atoms with E-state index in [1.807, 2.05) is 24.3 Å². The molecule has 0 amide bonds. The maximum absolute atomic E-state index is 12.6. The Morgan fingerprint density at radius 3 is 1.05 bits per heavy atom. The van der Waals surface area contributed by atoms with Crippen molar-refractivity contribution in [2.75, 3.05) is 0 Å². The summed E-state index contributed by atoms with van der Waals surface area (Å²) in [5.74, 6) is -0.0573. The van der Waals surface area contributed by atoms with Crippen LogP contribution in [0.1, 0.15) is 134 Å². The number of nitrogens with two attached hydrogens (primary N) is 1. The minimum Gasteiger partial charge on any atom is -0.872 e. The minimum absolute atomic E-state index is 0. The first-order valence-corrected chi connectivity index (χ1v) is 15.5. The second-order valence-electron chi connectivity index (χ2n) is 17.4. The second kappa shape index (κ2) is 14.1. The molecular formula is C36H59NNiO2S. The summed E-state index contributed by atoms with van der Waals surface area (Å²) in [5, 5.41) is 25.3. The molecule has 0 bridgehead atoms. The maximum Gasteiger partial charge on any atom is 2.00 e. The maximum atomic E-state index is 12.6. The molecule has 0 unspecified atom stereocenters. The van der Waals surface area contributed by atoms with Gasteiger partial charge in [-0.1, -0.05) is 138 Å². The molecule has 0 heterocycles. The fraction of sp³-hybridized carbons (Fsp3) is 0.667. The van der Waals surface area contributed by atoms with Crippen LogP contribution in [0.4, 0.5) is 0 Å². The van der Waals surface area contributed by atoms with E-state index in [1.165, 1.54) is 11.8 Å². The molecule has 0 atom stereocenters. The first kappa shape index (κ1) is 39.8. The summed E-state index contributed by atoms with van der Waals surface area (Å²) in [7, 11) is 0. The molecule has 0 saturated heterocycles. The Kier molecular flexibility index (Phi) is 13.7. The van der Waals surface area contributed by atoms with Gasteiger partial charge in [0.2, 0.25) is 0 Å². The average molecular weight is 629 g/mol. The van der Waals surface area contributed by atoms with Crippen LogP contribution in [0.2, 0.25) is 0 Å². The molecule has 236 valence electrons. The SMILES string of the molecule is CC(C)(C)CC(C)(C)N.CC(C)(C)CC(C)(C)c1ccc([O-])c(Sc2cc(C(C)(C)CC(C)(C)C)ccc2[O-])c1.[Ni+2]. The van der Waals surface area contributed by atoms with E-state index in [0.717, 1.165) is 30.4 Å². The van der Waals surface area contributed by atoms with Crippen LogP contribution in [-0.2, 0) is 27.3 Å². The van der Waals surface area contributed by atoms with Gasteiger partial charge in [0.1, 0.15) is 0 Å². The van der Waals surface area contributed by atoms with Gasteiger partial charge in [0.05, 0.1) is 0 Å². The first-order chi connectivity index (χ1) is 17.6. The Bertz CT molecular complexity index is 1020. The standard InChI is InChI=1S/C28H42O2S.C8H19N.Ni/c1-25(2,3)17-27(7,8)19-11-13-21(29)23(15-19)31-24-16-20(12-14-22(24)30)28(9,10)18-26(4,5)6;1-7(2,3)6-8(4,5)9;/h11-16,29-30H,17-18H2,1-10H3;6,9H2,1-5H3;/q;;+2/p-2. The van der Waals surface area contributed by atoms with Crippen molar-refractivity contribution in [2.45, 2.75) is 149 Å². The molecule has 0 radical (unpaired) electrons. The molecule has 0 fully saturated rings. The van der Waals surface area contributed by atoms with Crippen LogP contribution in [0.15, 0.2) is 46.2 Å². The molecule has 2 aromatic rings. The molecule has 3 nitrogen and oxygen atoms in total. The zero-order chi connectivity index (χ0) is 31.5. The van der Waals surface area contributed by atoms with E-state index >= 15 is 0 Å². The van der Waals surface area contributed by atoms with Crippen molar-refractivity contribution in [2.24, 2.45) is 22.0 Å². The molecule has 0 spiro atoms. The van der Waals surface area contributed by atoms with E-state index in [9.17, 15) is 10.2 Å². The predicted molar refractivity (Wildman–Crippen MR) is 172 cm³/mol. The molecule has 41 heavy (non-hydrogen) atoms. The molecule has 2 N–H and O–H groups in total. The Labute approximate surface area is 267 Å². The molecule has 0 aliphatic rings. The van der Waals surface area contributed by atoms with E-state index in [1.54, 1.807) is 12.1 Å². The van der Waals surface area contributed by atoms with Gasteiger partial charge >= 0.3 is 16.5 Å². The topological polar surface area (TPSA) is 72.1 Å². The Hall–Kier alpha value is -1.16. The van der Waals surface area contributed by atoms with E-state index < -0.39 is 0 Å². The van der Waals surface area contributed by atoms with Crippen LogP contribution in [0.5, 0.6) is 11.5 Å². The fourth-order valence-electron chi connectivity index (χ4n) is 6.36. The molecule has 0 aliphatic carbocycles. The van der Waals surface area contributed by atoms with Crippen molar-refractivity contribution in [3.63, 3.8) is 0 Å². The number of hydrogen-bond donors (Lipinski definition) is 1. The second-order valence-corrected chi connectivity index (χ2v) is 18.5. The molecule has 2 aromatic carbocycles. The van der Waals surface area contributed by atoms with Crippen LogP contribution in [0, 0.1) is 16.2 Å². The smallest absolute Gasteiger partial charge is 0.872 e. The van der Waals surface area contributed by atoms with Gasteiger partial charge in [-0.25, -0.2) is 0 Å². The molecule has 0 aromatic heterocycles. The van der Waals surface area contributed by atoms with Gasteiger partial charge in [-0.15, -0.1) is 0 Å². The van der Waals surface area contributed by atoms with Gasteiger partial charge in [-0.05, 0) is 83.4 Å². The quantitative estimate of drug-likeness (QED) is 0.310. The predicted octanol–water partition coefficient (Wildman–Crippen LogP) is 9.57. The Morgan fingerprint density at radius 2 is 0.829 bits per heavy atom. The van der Waals surface area contributed by atoms with Crippen LogP contribution in [0.3, 0.4) is 0 Å². The molecule has 0 saturated carbocycles. The molecule has 5 heteroatoms. The van der Waals surface area contributed by atoms with Gasteiger partial charge in [-0.3, -0.25) is 0 Å². The van der Waals surface area contributed by atoms with Crippen LogP contribution in [0.25, 0.3) is 0 Å². The van der Waals surface area contributed by atoms with E-state index in [4.69, 9.17) is 5.73 Å². The zero-order valence-corrected chi connectivity index (χ0v) is 30.5. The molecule has 2 rings (SSSR count). The van der Waals surface area contributed by atoms with Crippen molar-refractivity contribution < 1.29 is 26.7 Å². The third-order valence-corrected chi connectivity index (χ3v) is 7.68. The minimum atomic E-state index is -0.0574. The Balaban J connectivity index is 0.00000138. The number of hydrogen-bond acceptors (Lipinski definition) is 4. The van der Waals surface area contributed by atoms with Crippen molar-refractivity contribution in [1.29, 1.82) is 0 Å². The average Bonchev–Trinajstić information content (AvgIpc) is 2.65. The summed E-state index contributed by atoms with van der Waals surface area (Å²) in [4.78, 5) is 1.25. The summed E-state index contributed by atoms with van der Waals surface area (Å²) in [6.07, 6.45) is 3.08. The normalized spacial score (nSPS) is 13.3. The summed E-state index contributed by atoms with van der Waals surface area (Å²) in [5.41, 5.74) is 8.70. The van der Waals surface area contributed by atoms with E-state index in [0.29, 0.717) is 15.2 Å². The van der Waals surface area contributed by atoms with Crippen LogP contribution in [-0.4, -0.2) is 5.54 Å². The molecule has 0 aliphatic heterocycles. The van der Waals surface area contributed by atoms with Crippen LogP contribution >= 0.6 is 11.8 Å². The number of benzene rings is 2. The Morgan fingerprint density at radius 1 is 0.537 bits per heavy atom.